The fourth-order valence-corrected chi connectivity index (χ4v) is 7.58. The molecule has 0 aromatic rings. The largest absolute Gasteiger partial charge is 0.366 e. The molecule has 3 fully saturated rings. The lowest BCUT2D eigenvalue weighted by molar-refractivity contribution is -0.195. The average Bonchev–Trinajstić information content (AvgIpc) is 2.94. The monoisotopic (exact) mass is 452 g/mol. The Morgan fingerprint density at radius 1 is 1.03 bits per heavy atom. The van der Waals surface area contributed by atoms with Crippen molar-refractivity contribution in [3.05, 3.63) is 0 Å². The van der Waals surface area contributed by atoms with E-state index >= 15 is 0 Å². The molecule has 0 bridgehead atoms. The smallest absolute Gasteiger partial charge is 0.162 e. The molecular weight excluding hydrogens is 396 g/mol. The van der Waals surface area contributed by atoms with Gasteiger partial charge >= 0.3 is 0 Å². The third-order valence-electron chi connectivity index (χ3n) is 8.74. The maximum absolute atomic E-state index is 13.2. The molecule has 190 valence electrons. The lowest BCUT2D eigenvalue weighted by Crippen LogP contribution is -2.47. The topological polar surface area (TPSA) is 46.5 Å². The Labute approximate surface area is 200 Å². The van der Waals surface area contributed by atoms with Crippen LogP contribution in [-0.4, -0.2) is 23.3 Å². The van der Waals surface area contributed by atoms with Gasteiger partial charge in [0, 0.05) is 24.9 Å². The third kappa shape index (κ3) is 6.81. The van der Waals surface area contributed by atoms with Crippen molar-refractivity contribution < 1.29 is 14.6 Å². The Bertz CT molecular complexity index is 528. The van der Waals surface area contributed by atoms with Gasteiger partial charge in [-0.05, 0) is 88.4 Å². The number of carbonyl (C=O) groups is 1. The molecule has 3 nitrogen and oxygen atoms in total. The number of hydrogen-bond donors (Lipinski definition) is 1. The maximum atomic E-state index is 13.2. The number of ether oxygens (including phenoxy) is 1. The zero-order valence-electron chi connectivity index (χ0n) is 22.8. The number of carbonyl (C=O) groups excluding carboxylic acids is 1. The molecule has 0 amide bonds. The summed E-state index contributed by atoms with van der Waals surface area (Å²) in [5.74, 6) is 3.05. The summed E-state index contributed by atoms with van der Waals surface area (Å²) in [7, 11) is 0. The first kappa shape index (κ1) is 29.6. The highest BCUT2D eigenvalue weighted by atomic mass is 16.6. The molecule has 0 saturated heterocycles. The van der Waals surface area contributed by atoms with Gasteiger partial charge in [0.1, 0.15) is 5.78 Å². The van der Waals surface area contributed by atoms with Crippen LogP contribution in [0, 0.1) is 35.0 Å². The normalized spacial score (nSPS) is 36.2. The summed E-state index contributed by atoms with van der Waals surface area (Å²) in [6.45, 7) is 17.0. The number of fused-ring (bicyclic) bond motifs is 3. The Balaban J connectivity index is 0.00000121. The minimum absolute atomic E-state index is 0.00560. The highest BCUT2D eigenvalue weighted by Gasteiger charge is 2.54. The number of aliphatic hydroxyl groups is 1. The molecular formula is C29H56O3. The van der Waals surface area contributed by atoms with Gasteiger partial charge in [0.05, 0.1) is 0 Å². The highest BCUT2D eigenvalue weighted by molar-refractivity contribution is 5.86. The summed E-state index contributed by atoms with van der Waals surface area (Å²) in [6, 6.07) is 0. The molecule has 3 saturated carbocycles. The average molecular weight is 453 g/mol. The van der Waals surface area contributed by atoms with Crippen LogP contribution in [0.15, 0.2) is 0 Å². The van der Waals surface area contributed by atoms with E-state index in [9.17, 15) is 9.90 Å². The fraction of sp³-hybridized carbons (Fsp3) is 0.966. The van der Waals surface area contributed by atoms with Crippen molar-refractivity contribution in [2.75, 3.05) is 6.61 Å². The summed E-state index contributed by atoms with van der Waals surface area (Å²) in [4.78, 5) is 13.2. The summed E-state index contributed by atoms with van der Waals surface area (Å²) in [6.07, 6.45) is 13.5. The predicted octanol–water partition coefficient (Wildman–Crippen LogP) is 8.18. The molecule has 1 N–H and O–H groups in total. The Morgan fingerprint density at radius 2 is 1.72 bits per heavy atom. The van der Waals surface area contributed by atoms with E-state index in [2.05, 4.69) is 13.8 Å². The van der Waals surface area contributed by atoms with E-state index in [4.69, 9.17) is 4.74 Å². The summed E-state index contributed by atoms with van der Waals surface area (Å²) in [5.41, 5.74) is -0.00560. The lowest BCUT2D eigenvalue weighted by atomic mass is 9.53. The van der Waals surface area contributed by atoms with Gasteiger partial charge < -0.3 is 9.84 Å². The molecule has 3 aliphatic carbocycles. The molecule has 7 atom stereocenters. The molecule has 3 rings (SSSR count). The summed E-state index contributed by atoms with van der Waals surface area (Å²) >= 11 is 0. The number of hydrogen-bond acceptors (Lipinski definition) is 3. The van der Waals surface area contributed by atoms with E-state index in [1.54, 1.807) is 0 Å². The summed E-state index contributed by atoms with van der Waals surface area (Å²) < 4.78 is 5.58. The van der Waals surface area contributed by atoms with Crippen molar-refractivity contribution in [2.45, 2.75) is 138 Å². The molecule has 0 aromatic heterocycles. The first-order chi connectivity index (χ1) is 15.3. The fourth-order valence-electron chi connectivity index (χ4n) is 7.58. The van der Waals surface area contributed by atoms with E-state index in [-0.39, 0.29) is 5.41 Å². The third-order valence-corrected chi connectivity index (χ3v) is 8.74. The molecule has 0 aromatic carbocycles. The Kier molecular flexibility index (Phi) is 13.0. The SMILES string of the molecule is CC.CC.CCCC12CCCC3C(CCC(C)(O)OCC)C(C)CCC3C1CCCC2=O. The van der Waals surface area contributed by atoms with E-state index < -0.39 is 5.79 Å². The molecule has 0 radical (unpaired) electrons. The predicted molar refractivity (Wildman–Crippen MR) is 137 cm³/mol. The number of Topliss-reactive ketones (excluding diaryl/α,β-unsaturated/α-hetero) is 1. The van der Waals surface area contributed by atoms with E-state index in [1.807, 2.05) is 41.5 Å². The molecule has 7 unspecified atom stereocenters. The highest BCUT2D eigenvalue weighted by Crippen LogP contribution is 2.59. The van der Waals surface area contributed by atoms with Crippen molar-refractivity contribution in [1.29, 1.82) is 0 Å². The minimum atomic E-state index is -1.00. The molecule has 0 aliphatic heterocycles. The quantitative estimate of drug-likeness (QED) is 0.396. The minimum Gasteiger partial charge on any atom is -0.366 e. The second kappa shape index (κ2) is 14.1. The van der Waals surface area contributed by atoms with Crippen LogP contribution in [-0.2, 0) is 9.53 Å². The first-order valence-electron chi connectivity index (χ1n) is 14.2. The lowest BCUT2D eigenvalue weighted by Gasteiger charge is -2.51. The van der Waals surface area contributed by atoms with Gasteiger partial charge in [-0.3, -0.25) is 4.79 Å². The van der Waals surface area contributed by atoms with Crippen molar-refractivity contribution in [3.63, 3.8) is 0 Å². The second-order valence-electron chi connectivity index (χ2n) is 10.4. The van der Waals surface area contributed by atoms with Crippen molar-refractivity contribution in [2.24, 2.45) is 35.0 Å². The van der Waals surface area contributed by atoms with Crippen LogP contribution in [0.25, 0.3) is 0 Å². The van der Waals surface area contributed by atoms with Gasteiger partial charge in [-0.1, -0.05) is 60.8 Å². The van der Waals surface area contributed by atoms with Crippen LogP contribution in [0.2, 0.25) is 0 Å². The van der Waals surface area contributed by atoms with Crippen LogP contribution in [0.3, 0.4) is 0 Å². The van der Waals surface area contributed by atoms with E-state index in [1.165, 1.54) is 32.1 Å². The number of ketones is 1. The van der Waals surface area contributed by atoms with Crippen LogP contribution in [0.4, 0.5) is 0 Å². The molecule has 32 heavy (non-hydrogen) atoms. The van der Waals surface area contributed by atoms with Crippen LogP contribution >= 0.6 is 0 Å². The maximum Gasteiger partial charge on any atom is 0.162 e. The van der Waals surface area contributed by atoms with Gasteiger partial charge in [0.2, 0.25) is 0 Å². The van der Waals surface area contributed by atoms with Crippen molar-refractivity contribution in [3.8, 4) is 0 Å². The molecule has 3 heteroatoms. The standard InChI is InChI=1S/C25H44O3.2C2H6/c1-5-15-25-16-8-9-20-19(14-17-24(4,27)28-6-2)18(3)12-13-21(20)22(25)10-7-11-23(25)26;2*1-2/h18-22,27H,5-17H2,1-4H3;2*1-2H3. The van der Waals surface area contributed by atoms with E-state index in [0.717, 1.165) is 62.7 Å². The van der Waals surface area contributed by atoms with Crippen molar-refractivity contribution in [1.82, 2.24) is 0 Å². The van der Waals surface area contributed by atoms with Gasteiger partial charge in [0.25, 0.3) is 0 Å². The zero-order chi connectivity index (χ0) is 24.4. The van der Waals surface area contributed by atoms with Crippen LogP contribution < -0.4 is 0 Å². The van der Waals surface area contributed by atoms with Gasteiger partial charge in [-0.25, -0.2) is 0 Å². The summed E-state index contributed by atoms with van der Waals surface area (Å²) in [5, 5.41) is 10.5. The molecule has 3 aliphatic rings. The zero-order valence-corrected chi connectivity index (χ0v) is 22.8. The van der Waals surface area contributed by atoms with Crippen molar-refractivity contribution >= 4 is 5.78 Å². The van der Waals surface area contributed by atoms with E-state index in [0.29, 0.717) is 24.2 Å². The Hall–Kier alpha value is -0.410. The number of rotatable bonds is 7. The molecule has 0 heterocycles. The molecule has 0 spiro atoms. The van der Waals surface area contributed by atoms with Gasteiger partial charge in [-0.15, -0.1) is 0 Å². The first-order valence-corrected chi connectivity index (χ1v) is 14.2. The van der Waals surface area contributed by atoms with Crippen LogP contribution in [0.1, 0.15) is 132 Å². The Morgan fingerprint density at radius 3 is 2.34 bits per heavy atom. The second-order valence-corrected chi connectivity index (χ2v) is 10.4. The van der Waals surface area contributed by atoms with Gasteiger partial charge in [0.15, 0.2) is 5.79 Å². The van der Waals surface area contributed by atoms with Gasteiger partial charge in [-0.2, -0.15) is 0 Å². The van der Waals surface area contributed by atoms with Crippen LogP contribution in [0.5, 0.6) is 0 Å².